The van der Waals surface area contributed by atoms with Crippen molar-refractivity contribution in [1.29, 1.82) is 0 Å². The molecule has 0 atom stereocenters. The summed E-state index contributed by atoms with van der Waals surface area (Å²) in [6, 6.07) is 0. The van der Waals surface area contributed by atoms with Gasteiger partial charge in [0.15, 0.2) is 0 Å². The number of allylic oxidation sites excluding steroid dienone is 4. The summed E-state index contributed by atoms with van der Waals surface area (Å²) in [4.78, 5) is 0. The number of hydrogen-bond acceptors (Lipinski definition) is 2. The van der Waals surface area contributed by atoms with Crippen molar-refractivity contribution in [2.45, 2.75) is 12.8 Å². The van der Waals surface area contributed by atoms with Crippen molar-refractivity contribution in [1.82, 2.24) is 5.32 Å². The van der Waals surface area contributed by atoms with Gasteiger partial charge in [0.25, 0.3) is 0 Å². The van der Waals surface area contributed by atoms with Crippen molar-refractivity contribution in [3.63, 3.8) is 0 Å². The van der Waals surface area contributed by atoms with Crippen molar-refractivity contribution >= 4 is 0 Å². The van der Waals surface area contributed by atoms with Crippen LogP contribution < -0.4 is 11.1 Å². The monoisotopic (exact) mass is 150 g/mol. The first-order valence-corrected chi connectivity index (χ1v) is 3.92. The lowest BCUT2D eigenvalue weighted by Crippen LogP contribution is -1.98. The third kappa shape index (κ3) is 3.05. The molecule has 0 fully saturated rings. The standard InChI is InChI=1S/C9H14N2/c10-6-1-3-9-4-2-7-11-8-5-9/h2,4-5,7-8,11H,1,3,6,10H2. The van der Waals surface area contributed by atoms with E-state index in [1.807, 2.05) is 18.5 Å². The van der Waals surface area contributed by atoms with E-state index in [2.05, 4.69) is 17.5 Å². The van der Waals surface area contributed by atoms with Gasteiger partial charge in [-0.15, -0.1) is 0 Å². The van der Waals surface area contributed by atoms with Crippen LogP contribution in [0.3, 0.4) is 0 Å². The molecule has 2 nitrogen and oxygen atoms in total. The molecule has 1 rings (SSSR count). The van der Waals surface area contributed by atoms with Crippen molar-refractivity contribution in [2.24, 2.45) is 5.73 Å². The van der Waals surface area contributed by atoms with E-state index >= 15 is 0 Å². The van der Waals surface area contributed by atoms with E-state index in [1.165, 1.54) is 5.57 Å². The SMILES string of the molecule is NCCCC1=CC=CNC=C1. The van der Waals surface area contributed by atoms with E-state index in [9.17, 15) is 0 Å². The van der Waals surface area contributed by atoms with Crippen LogP contribution in [0.5, 0.6) is 0 Å². The lowest BCUT2D eigenvalue weighted by atomic mass is 10.1. The smallest absolute Gasteiger partial charge is 0.000717 e. The Kier molecular flexibility index (Phi) is 3.48. The molecule has 0 bridgehead atoms. The highest BCUT2D eigenvalue weighted by atomic mass is 14.8. The Hall–Kier alpha value is -1.02. The maximum atomic E-state index is 5.40. The van der Waals surface area contributed by atoms with Crippen molar-refractivity contribution < 1.29 is 0 Å². The summed E-state index contributed by atoms with van der Waals surface area (Å²) in [5.41, 5.74) is 6.73. The molecule has 3 N–H and O–H groups in total. The molecule has 11 heavy (non-hydrogen) atoms. The maximum Gasteiger partial charge on any atom is 0.000717 e. The Balaban J connectivity index is 2.42. The number of nitrogens with one attached hydrogen (secondary N) is 1. The maximum absolute atomic E-state index is 5.40. The minimum Gasteiger partial charge on any atom is -0.368 e. The van der Waals surface area contributed by atoms with Gasteiger partial charge in [0.2, 0.25) is 0 Å². The molecule has 0 amide bonds. The Morgan fingerprint density at radius 1 is 1.36 bits per heavy atom. The molecule has 2 heteroatoms. The van der Waals surface area contributed by atoms with Crippen LogP contribution >= 0.6 is 0 Å². The molecule has 0 spiro atoms. The fourth-order valence-corrected chi connectivity index (χ4v) is 0.966. The van der Waals surface area contributed by atoms with Crippen LogP contribution in [-0.4, -0.2) is 6.54 Å². The Morgan fingerprint density at radius 3 is 3.09 bits per heavy atom. The fraction of sp³-hybridized carbons (Fsp3) is 0.333. The zero-order valence-electron chi connectivity index (χ0n) is 6.59. The second kappa shape index (κ2) is 4.74. The van der Waals surface area contributed by atoms with Crippen LogP contribution in [0.1, 0.15) is 12.8 Å². The lowest BCUT2D eigenvalue weighted by molar-refractivity contribution is 0.835. The highest BCUT2D eigenvalue weighted by Gasteiger charge is 1.91. The summed E-state index contributed by atoms with van der Waals surface area (Å²) >= 11 is 0. The van der Waals surface area contributed by atoms with Crippen molar-refractivity contribution in [3.05, 3.63) is 36.2 Å². The minimum absolute atomic E-state index is 0.766. The van der Waals surface area contributed by atoms with Crippen molar-refractivity contribution in [3.8, 4) is 0 Å². The van der Waals surface area contributed by atoms with Crippen molar-refractivity contribution in [2.75, 3.05) is 6.54 Å². The second-order valence-electron chi connectivity index (χ2n) is 2.49. The summed E-state index contributed by atoms with van der Waals surface area (Å²) in [5, 5.41) is 3.01. The van der Waals surface area contributed by atoms with Gasteiger partial charge in [-0.3, -0.25) is 0 Å². The van der Waals surface area contributed by atoms with E-state index in [4.69, 9.17) is 5.73 Å². The minimum atomic E-state index is 0.766. The molecule has 0 aliphatic carbocycles. The van der Waals surface area contributed by atoms with Crippen LogP contribution in [0, 0.1) is 0 Å². The lowest BCUT2D eigenvalue weighted by Gasteiger charge is -1.96. The Bertz CT molecular complexity index is 190. The normalized spacial score (nSPS) is 15.5. The van der Waals surface area contributed by atoms with Gasteiger partial charge in [-0.05, 0) is 37.1 Å². The molecule has 0 unspecified atom stereocenters. The molecule has 0 saturated heterocycles. The molecule has 0 aromatic carbocycles. The number of nitrogens with two attached hydrogens (primary N) is 1. The Labute approximate surface area is 67.5 Å². The van der Waals surface area contributed by atoms with E-state index in [-0.39, 0.29) is 0 Å². The average molecular weight is 150 g/mol. The van der Waals surface area contributed by atoms with Gasteiger partial charge < -0.3 is 11.1 Å². The van der Waals surface area contributed by atoms with E-state index in [1.54, 1.807) is 0 Å². The summed E-state index contributed by atoms with van der Waals surface area (Å²) in [6.07, 6.45) is 12.2. The van der Waals surface area contributed by atoms with Gasteiger partial charge in [-0.2, -0.15) is 0 Å². The summed E-state index contributed by atoms with van der Waals surface area (Å²) in [6.45, 7) is 0.766. The Morgan fingerprint density at radius 2 is 2.27 bits per heavy atom. The first kappa shape index (κ1) is 8.08. The van der Waals surface area contributed by atoms with E-state index < -0.39 is 0 Å². The quantitative estimate of drug-likeness (QED) is 0.636. The molecule has 0 aromatic rings. The molecular weight excluding hydrogens is 136 g/mol. The molecule has 0 saturated carbocycles. The third-order valence-electron chi connectivity index (χ3n) is 1.57. The van der Waals surface area contributed by atoms with Gasteiger partial charge in [0.05, 0.1) is 0 Å². The summed E-state index contributed by atoms with van der Waals surface area (Å²) < 4.78 is 0. The van der Waals surface area contributed by atoms with Gasteiger partial charge in [-0.1, -0.05) is 6.08 Å². The predicted octanol–water partition coefficient (Wildman–Crippen LogP) is 1.28. The average Bonchev–Trinajstić information content (AvgIpc) is 2.28. The largest absolute Gasteiger partial charge is 0.368 e. The first-order valence-electron chi connectivity index (χ1n) is 3.92. The van der Waals surface area contributed by atoms with Gasteiger partial charge >= 0.3 is 0 Å². The topological polar surface area (TPSA) is 38.0 Å². The van der Waals surface area contributed by atoms with Crippen LogP contribution in [-0.2, 0) is 0 Å². The second-order valence-corrected chi connectivity index (χ2v) is 2.49. The summed E-state index contributed by atoms with van der Waals surface area (Å²) in [5.74, 6) is 0. The zero-order valence-corrected chi connectivity index (χ0v) is 6.59. The van der Waals surface area contributed by atoms with Crippen LogP contribution in [0.2, 0.25) is 0 Å². The highest BCUT2D eigenvalue weighted by Crippen LogP contribution is 2.07. The molecule has 1 aliphatic heterocycles. The van der Waals surface area contributed by atoms with Gasteiger partial charge in [0.1, 0.15) is 0 Å². The number of hydrogen-bond donors (Lipinski definition) is 2. The third-order valence-corrected chi connectivity index (χ3v) is 1.57. The first-order chi connectivity index (χ1) is 5.43. The van der Waals surface area contributed by atoms with E-state index in [0.29, 0.717) is 0 Å². The fourth-order valence-electron chi connectivity index (χ4n) is 0.966. The van der Waals surface area contributed by atoms with Gasteiger partial charge in [-0.25, -0.2) is 0 Å². The summed E-state index contributed by atoms with van der Waals surface area (Å²) in [7, 11) is 0. The predicted molar refractivity (Wildman–Crippen MR) is 47.8 cm³/mol. The molecular formula is C9H14N2. The van der Waals surface area contributed by atoms with Gasteiger partial charge in [0, 0.05) is 12.4 Å². The molecule has 1 heterocycles. The van der Waals surface area contributed by atoms with E-state index in [0.717, 1.165) is 19.4 Å². The van der Waals surface area contributed by atoms with Crippen LogP contribution in [0.15, 0.2) is 36.2 Å². The highest BCUT2D eigenvalue weighted by molar-refractivity contribution is 5.25. The molecule has 0 aromatic heterocycles. The molecule has 0 radical (unpaired) electrons. The zero-order chi connectivity index (χ0) is 7.94. The molecule has 60 valence electrons. The molecule has 1 aliphatic rings. The number of rotatable bonds is 3. The van der Waals surface area contributed by atoms with Crippen LogP contribution in [0.4, 0.5) is 0 Å². The van der Waals surface area contributed by atoms with Crippen LogP contribution in [0.25, 0.3) is 0 Å².